The fourth-order valence-electron chi connectivity index (χ4n) is 0.520. The topological polar surface area (TPSA) is 0 Å². The zero-order valence-electron chi connectivity index (χ0n) is 7.78. The van der Waals surface area contributed by atoms with Crippen LogP contribution in [0.4, 0.5) is 0 Å². The van der Waals surface area contributed by atoms with Gasteiger partial charge in [0.2, 0.25) is 0 Å². The normalized spacial score (nSPS) is 11.0. The number of hydrogen-bond donors (Lipinski definition) is 0. The van der Waals surface area contributed by atoms with Gasteiger partial charge in [-0.2, -0.15) is 0 Å². The third-order valence-corrected chi connectivity index (χ3v) is 1.79. The second-order valence-electron chi connectivity index (χ2n) is 4.21. The molecule has 0 atom stereocenters. The van der Waals surface area contributed by atoms with Crippen LogP contribution in [0.1, 0.15) is 27.2 Å². The highest BCUT2D eigenvalue weighted by molar-refractivity contribution is 6.64. The maximum Gasteiger partial charge on any atom is 0.116 e. The van der Waals surface area contributed by atoms with E-state index in [1.807, 2.05) is 0 Å². The molecule has 58 valence electrons. The van der Waals surface area contributed by atoms with E-state index in [0.717, 1.165) is 6.42 Å². The van der Waals surface area contributed by atoms with Crippen molar-refractivity contribution in [3.8, 4) is 11.5 Å². The predicted molar refractivity (Wildman–Crippen MR) is 50.7 cm³/mol. The Morgan fingerprint density at radius 1 is 1.20 bits per heavy atom. The second kappa shape index (κ2) is 3.83. The molecule has 0 heterocycles. The van der Waals surface area contributed by atoms with E-state index in [1.165, 1.54) is 0 Å². The summed E-state index contributed by atoms with van der Waals surface area (Å²) in [4.78, 5) is 0. The highest BCUT2D eigenvalue weighted by Gasteiger charge is 2.06. The van der Waals surface area contributed by atoms with Crippen LogP contribution < -0.4 is 0 Å². The molecule has 0 saturated heterocycles. The molecule has 0 bridgehead atoms. The standard InChI is InChI=1S/C9H18Si/c1-9(2,3)7-6-8-10(4)5/h10H,7H2,1-5H3. The molecule has 0 unspecified atom stereocenters. The van der Waals surface area contributed by atoms with Crippen molar-refractivity contribution >= 4 is 8.80 Å². The first-order valence-electron chi connectivity index (χ1n) is 3.90. The summed E-state index contributed by atoms with van der Waals surface area (Å²) < 4.78 is 0. The highest BCUT2D eigenvalue weighted by Crippen LogP contribution is 2.16. The second-order valence-corrected chi connectivity index (χ2v) is 6.81. The smallest absolute Gasteiger partial charge is 0.116 e. The van der Waals surface area contributed by atoms with Crippen molar-refractivity contribution in [2.24, 2.45) is 5.41 Å². The molecule has 0 nitrogen and oxygen atoms in total. The maximum atomic E-state index is 3.29. The van der Waals surface area contributed by atoms with Crippen molar-refractivity contribution in [1.29, 1.82) is 0 Å². The molecule has 10 heavy (non-hydrogen) atoms. The van der Waals surface area contributed by atoms with E-state index >= 15 is 0 Å². The van der Waals surface area contributed by atoms with Gasteiger partial charge in [-0.1, -0.05) is 33.9 Å². The molecule has 0 aromatic rings. The van der Waals surface area contributed by atoms with Gasteiger partial charge in [-0.3, -0.25) is 0 Å². The molecule has 0 amide bonds. The number of hydrogen-bond acceptors (Lipinski definition) is 0. The van der Waals surface area contributed by atoms with Crippen LogP contribution in [-0.4, -0.2) is 8.80 Å². The molecule has 0 aromatic carbocycles. The van der Waals surface area contributed by atoms with E-state index in [1.54, 1.807) is 0 Å². The molecule has 0 saturated carbocycles. The summed E-state index contributed by atoms with van der Waals surface area (Å²) in [6.45, 7) is 11.2. The zero-order valence-corrected chi connectivity index (χ0v) is 8.94. The maximum absolute atomic E-state index is 3.29. The minimum atomic E-state index is -0.621. The molecule has 0 rings (SSSR count). The molecule has 0 radical (unpaired) electrons. The minimum Gasteiger partial charge on any atom is -0.136 e. The Balaban J connectivity index is 3.67. The van der Waals surface area contributed by atoms with Gasteiger partial charge in [0, 0.05) is 6.42 Å². The highest BCUT2D eigenvalue weighted by atomic mass is 28.3. The van der Waals surface area contributed by atoms with Crippen LogP contribution >= 0.6 is 0 Å². The molecule has 1 heteroatoms. The molecule has 0 N–H and O–H groups in total. The van der Waals surface area contributed by atoms with Crippen LogP contribution in [0.5, 0.6) is 0 Å². The summed E-state index contributed by atoms with van der Waals surface area (Å²) in [6, 6.07) is 0. The van der Waals surface area contributed by atoms with Gasteiger partial charge in [0.15, 0.2) is 0 Å². The Morgan fingerprint density at radius 2 is 1.70 bits per heavy atom. The summed E-state index contributed by atoms with van der Waals surface area (Å²) in [6.07, 6.45) is 1.04. The Kier molecular flexibility index (Phi) is 3.74. The first kappa shape index (κ1) is 9.78. The van der Waals surface area contributed by atoms with E-state index in [0.29, 0.717) is 5.41 Å². The molecule has 0 aromatic heterocycles. The molecular weight excluding hydrogens is 136 g/mol. The van der Waals surface area contributed by atoms with E-state index in [4.69, 9.17) is 0 Å². The Morgan fingerprint density at radius 3 is 2.00 bits per heavy atom. The van der Waals surface area contributed by atoms with Crippen molar-refractivity contribution < 1.29 is 0 Å². The van der Waals surface area contributed by atoms with Gasteiger partial charge in [0.1, 0.15) is 8.80 Å². The summed E-state index contributed by atoms with van der Waals surface area (Å²) >= 11 is 0. The SMILES string of the molecule is C[SiH](C)C#CCC(C)(C)C. The van der Waals surface area contributed by atoms with Crippen molar-refractivity contribution in [2.75, 3.05) is 0 Å². The molecular formula is C9H18Si. The van der Waals surface area contributed by atoms with Crippen molar-refractivity contribution in [2.45, 2.75) is 40.3 Å². The monoisotopic (exact) mass is 154 g/mol. The van der Waals surface area contributed by atoms with Gasteiger partial charge in [-0.05, 0) is 5.41 Å². The lowest BCUT2D eigenvalue weighted by molar-refractivity contribution is 0.428. The first-order valence-corrected chi connectivity index (χ1v) is 6.79. The van der Waals surface area contributed by atoms with Gasteiger partial charge < -0.3 is 0 Å². The number of rotatable bonds is 0. The van der Waals surface area contributed by atoms with Crippen LogP contribution in [0, 0.1) is 16.9 Å². The lowest BCUT2D eigenvalue weighted by Crippen LogP contribution is -2.03. The van der Waals surface area contributed by atoms with Gasteiger partial charge in [-0.25, -0.2) is 0 Å². The van der Waals surface area contributed by atoms with E-state index in [9.17, 15) is 0 Å². The van der Waals surface area contributed by atoms with Crippen LogP contribution in [0.25, 0.3) is 0 Å². The fourth-order valence-corrected chi connectivity index (χ4v) is 1.03. The van der Waals surface area contributed by atoms with Crippen molar-refractivity contribution in [3.63, 3.8) is 0 Å². The Labute approximate surface area is 66.6 Å². The zero-order chi connectivity index (χ0) is 8.20. The summed E-state index contributed by atoms with van der Waals surface area (Å²) in [5.41, 5.74) is 3.68. The van der Waals surface area contributed by atoms with Gasteiger partial charge in [0.25, 0.3) is 0 Å². The van der Waals surface area contributed by atoms with E-state index in [2.05, 4.69) is 45.3 Å². The molecule has 0 spiro atoms. The Hall–Kier alpha value is -0.223. The molecule has 0 aliphatic rings. The first-order chi connectivity index (χ1) is 4.42. The lowest BCUT2D eigenvalue weighted by atomic mass is 9.93. The van der Waals surface area contributed by atoms with Gasteiger partial charge in [-0.15, -0.1) is 11.5 Å². The van der Waals surface area contributed by atoms with E-state index in [-0.39, 0.29) is 0 Å². The molecule has 0 fully saturated rings. The third kappa shape index (κ3) is 7.78. The minimum absolute atomic E-state index is 0.385. The average Bonchev–Trinajstić information content (AvgIpc) is 1.59. The predicted octanol–water partition coefficient (Wildman–Crippen LogP) is 2.45. The third-order valence-electron chi connectivity index (χ3n) is 1.01. The van der Waals surface area contributed by atoms with Crippen LogP contribution in [0.3, 0.4) is 0 Å². The largest absolute Gasteiger partial charge is 0.136 e. The van der Waals surface area contributed by atoms with E-state index < -0.39 is 8.80 Å². The van der Waals surface area contributed by atoms with Gasteiger partial charge >= 0.3 is 0 Å². The molecule has 0 aliphatic heterocycles. The van der Waals surface area contributed by atoms with Crippen LogP contribution in [-0.2, 0) is 0 Å². The van der Waals surface area contributed by atoms with Crippen molar-refractivity contribution in [1.82, 2.24) is 0 Å². The Bertz CT molecular complexity index is 140. The average molecular weight is 154 g/mol. The van der Waals surface area contributed by atoms with Gasteiger partial charge in [0.05, 0.1) is 0 Å². The lowest BCUT2D eigenvalue weighted by Gasteiger charge is -2.12. The summed E-state index contributed by atoms with van der Waals surface area (Å²) in [5.74, 6) is 3.24. The summed E-state index contributed by atoms with van der Waals surface area (Å²) in [7, 11) is -0.621. The quantitative estimate of drug-likeness (QED) is 0.371. The fraction of sp³-hybridized carbons (Fsp3) is 0.778. The van der Waals surface area contributed by atoms with Crippen molar-refractivity contribution in [3.05, 3.63) is 0 Å². The summed E-state index contributed by atoms with van der Waals surface area (Å²) in [5, 5.41) is 0. The molecule has 0 aliphatic carbocycles. The van der Waals surface area contributed by atoms with Crippen LogP contribution in [0.15, 0.2) is 0 Å². The van der Waals surface area contributed by atoms with Crippen LogP contribution in [0.2, 0.25) is 13.1 Å².